The van der Waals surface area contributed by atoms with Crippen molar-refractivity contribution in [1.29, 1.82) is 0 Å². The lowest BCUT2D eigenvalue weighted by atomic mass is 10.1. The first-order valence-electron chi connectivity index (χ1n) is 6.27. The summed E-state index contributed by atoms with van der Waals surface area (Å²) in [5, 5.41) is 1.69. The molecule has 0 N–H and O–H groups in total. The molecule has 1 fully saturated rings. The van der Waals surface area contributed by atoms with E-state index in [0.717, 1.165) is 17.4 Å². The Hall–Kier alpha value is -2.07. The van der Waals surface area contributed by atoms with Gasteiger partial charge in [-0.15, -0.1) is 0 Å². The Labute approximate surface area is 109 Å². The molecule has 0 saturated carbocycles. The minimum Gasteiger partial charge on any atom is -0.490 e. The Morgan fingerprint density at radius 3 is 2.79 bits per heavy atom. The van der Waals surface area contributed by atoms with E-state index >= 15 is 0 Å². The van der Waals surface area contributed by atoms with E-state index in [4.69, 9.17) is 9.47 Å². The number of fused-ring (bicyclic) bond motifs is 3. The van der Waals surface area contributed by atoms with Crippen LogP contribution in [-0.4, -0.2) is 24.1 Å². The molecule has 96 valence electrons. The van der Waals surface area contributed by atoms with Crippen molar-refractivity contribution in [2.24, 2.45) is 0 Å². The normalized spacial score (nSPS) is 18.1. The molecule has 0 radical (unpaired) electrons. The molecule has 1 aliphatic heterocycles. The smallest absolute Gasteiger partial charge is 0.129 e. The Bertz CT molecular complexity index is 761. The molecule has 0 aliphatic carbocycles. The molecule has 0 spiro atoms. The molecular weight excluding hydrogens is 245 g/mol. The number of hydrogen-bond acceptors (Lipinski definition) is 2. The van der Waals surface area contributed by atoms with Crippen molar-refractivity contribution in [3.05, 3.63) is 42.5 Å². The fraction of sp³-hybridized carbons (Fsp3) is 0.200. The van der Waals surface area contributed by atoms with Crippen LogP contribution in [0.1, 0.15) is 0 Å². The first-order chi connectivity index (χ1) is 9.34. The average molecular weight is 257 g/mol. The molecule has 2 aromatic carbocycles. The zero-order chi connectivity index (χ0) is 12.8. The summed E-state index contributed by atoms with van der Waals surface area (Å²) in [7, 11) is 0. The number of rotatable bonds is 3. The summed E-state index contributed by atoms with van der Waals surface area (Å²) in [6.07, 6.45) is 0.189. The number of ether oxygens (including phenoxy) is 2. The first kappa shape index (κ1) is 10.8. The highest BCUT2D eigenvalue weighted by Gasteiger charge is 2.24. The van der Waals surface area contributed by atoms with Gasteiger partial charge in [0, 0.05) is 5.39 Å². The van der Waals surface area contributed by atoms with Gasteiger partial charge in [-0.25, -0.2) is 0 Å². The molecule has 0 amide bonds. The molecule has 1 aliphatic rings. The Morgan fingerprint density at radius 1 is 1.16 bits per heavy atom. The van der Waals surface area contributed by atoms with Crippen LogP contribution < -0.4 is 4.74 Å². The zero-order valence-electron chi connectivity index (χ0n) is 10.2. The van der Waals surface area contributed by atoms with E-state index in [2.05, 4.69) is 0 Å². The number of aromatic nitrogens is 1. The molecule has 1 saturated heterocycles. The molecule has 1 aromatic heterocycles. The van der Waals surface area contributed by atoms with Gasteiger partial charge >= 0.3 is 0 Å². The maximum absolute atomic E-state index is 14.3. The molecule has 1 unspecified atom stereocenters. The maximum atomic E-state index is 14.3. The molecule has 2 heterocycles. The van der Waals surface area contributed by atoms with E-state index < -0.39 is 0 Å². The second kappa shape index (κ2) is 3.96. The summed E-state index contributed by atoms with van der Waals surface area (Å²) in [5.41, 5.74) is 1.10. The number of nitrogens with zero attached hydrogens (tertiary/aromatic N) is 1. The van der Waals surface area contributed by atoms with Gasteiger partial charge in [-0.1, -0.05) is 28.7 Å². The van der Waals surface area contributed by atoms with E-state index in [1.54, 1.807) is 18.2 Å². The molecule has 0 bridgehead atoms. The summed E-state index contributed by atoms with van der Waals surface area (Å²) in [4.78, 5) is 0.713. The lowest BCUT2D eigenvalue weighted by Gasteiger charge is -2.05. The van der Waals surface area contributed by atoms with Gasteiger partial charge in [0.25, 0.3) is 0 Å². The third-order valence-corrected chi connectivity index (χ3v) is 3.43. The van der Waals surface area contributed by atoms with Crippen LogP contribution in [0.5, 0.6) is 5.75 Å². The SMILES string of the molecule is Fn1c2ccccc2c2c(OCC3CO3)cccc21. The van der Waals surface area contributed by atoms with E-state index in [1.807, 2.05) is 24.3 Å². The van der Waals surface area contributed by atoms with Crippen LogP contribution in [-0.2, 0) is 4.74 Å². The van der Waals surface area contributed by atoms with Crippen LogP contribution in [0.3, 0.4) is 0 Å². The van der Waals surface area contributed by atoms with E-state index in [1.165, 1.54) is 0 Å². The van der Waals surface area contributed by atoms with Gasteiger partial charge in [0.1, 0.15) is 18.5 Å². The number of hydrogen-bond donors (Lipinski definition) is 0. The van der Waals surface area contributed by atoms with Crippen LogP contribution in [0.15, 0.2) is 42.5 Å². The van der Waals surface area contributed by atoms with Gasteiger partial charge in [-0.05, 0) is 18.2 Å². The minimum atomic E-state index is 0.189. The van der Waals surface area contributed by atoms with Gasteiger partial charge in [0.15, 0.2) is 0 Å². The highest BCUT2D eigenvalue weighted by Crippen LogP contribution is 2.35. The second-order valence-electron chi connectivity index (χ2n) is 4.71. The number of benzene rings is 2. The molecule has 19 heavy (non-hydrogen) atoms. The summed E-state index contributed by atoms with van der Waals surface area (Å²) in [6.45, 7) is 1.27. The topological polar surface area (TPSA) is 26.7 Å². The monoisotopic (exact) mass is 257 g/mol. The lowest BCUT2D eigenvalue weighted by molar-refractivity contribution is 0.265. The summed E-state index contributed by atoms with van der Waals surface area (Å²) >= 11 is 0. The molecule has 3 aromatic rings. The van der Waals surface area contributed by atoms with Crippen LogP contribution in [0.2, 0.25) is 0 Å². The zero-order valence-corrected chi connectivity index (χ0v) is 10.2. The van der Waals surface area contributed by atoms with Crippen molar-refractivity contribution in [1.82, 2.24) is 4.79 Å². The largest absolute Gasteiger partial charge is 0.490 e. The number of halogens is 1. The highest BCUT2D eigenvalue weighted by atomic mass is 19.2. The van der Waals surface area contributed by atoms with E-state index in [-0.39, 0.29) is 6.10 Å². The van der Waals surface area contributed by atoms with Gasteiger partial charge in [-0.3, -0.25) is 0 Å². The molecule has 4 rings (SSSR count). The minimum absolute atomic E-state index is 0.189. The van der Waals surface area contributed by atoms with Crippen molar-refractivity contribution in [2.45, 2.75) is 6.10 Å². The Balaban J connectivity index is 1.94. The molecule has 1 atom stereocenters. The lowest BCUT2D eigenvalue weighted by Crippen LogP contribution is -2.04. The van der Waals surface area contributed by atoms with Crippen LogP contribution in [0, 0.1) is 0 Å². The van der Waals surface area contributed by atoms with Gasteiger partial charge in [-0.2, -0.15) is 4.79 Å². The second-order valence-corrected chi connectivity index (χ2v) is 4.71. The maximum Gasteiger partial charge on any atom is 0.129 e. The third kappa shape index (κ3) is 1.68. The highest BCUT2D eigenvalue weighted by molar-refractivity contribution is 6.10. The quantitative estimate of drug-likeness (QED) is 0.673. The Morgan fingerprint density at radius 2 is 1.95 bits per heavy atom. The summed E-state index contributed by atoms with van der Waals surface area (Å²) in [5.74, 6) is 0.709. The van der Waals surface area contributed by atoms with Crippen molar-refractivity contribution >= 4 is 21.8 Å². The summed E-state index contributed by atoms with van der Waals surface area (Å²) in [6, 6.07) is 12.9. The van der Waals surface area contributed by atoms with Crippen molar-refractivity contribution in [3.8, 4) is 5.75 Å². The Kier molecular flexibility index (Phi) is 2.26. The molecule has 3 nitrogen and oxygen atoms in total. The number of epoxide rings is 1. The van der Waals surface area contributed by atoms with Gasteiger partial charge < -0.3 is 9.47 Å². The third-order valence-electron chi connectivity index (χ3n) is 3.43. The van der Waals surface area contributed by atoms with Gasteiger partial charge in [0.05, 0.1) is 23.0 Å². The predicted molar refractivity (Wildman–Crippen MR) is 71.2 cm³/mol. The van der Waals surface area contributed by atoms with Crippen molar-refractivity contribution < 1.29 is 14.0 Å². The van der Waals surface area contributed by atoms with Gasteiger partial charge in [0.2, 0.25) is 0 Å². The van der Waals surface area contributed by atoms with Crippen LogP contribution >= 0.6 is 0 Å². The fourth-order valence-corrected chi connectivity index (χ4v) is 2.41. The summed E-state index contributed by atoms with van der Waals surface area (Å²) < 4.78 is 25.1. The van der Waals surface area contributed by atoms with Crippen LogP contribution in [0.25, 0.3) is 21.8 Å². The average Bonchev–Trinajstić information content (AvgIpc) is 3.24. The standard InChI is InChI=1S/C15H12FNO2/c16-17-12-5-2-1-4-11(12)15-13(17)6-3-7-14(15)19-9-10-8-18-10/h1-7,10H,8-9H2. The first-order valence-corrected chi connectivity index (χ1v) is 6.27. The van der Waals surface area contributed by atoms with Crippen molar-refractivity contribution in [3.63, 3.8) is 0 Å². The molecule has 4 heteroatoms. The number of para-hydroxylation sites is 1. The molecular formula is C15H12FNO2. The van der Waals surface area contributed by atoms with Crippen LogP contribution in [0.4, 0.5) is 4.48 Å². The van der Waals surface area contributed by atoms with E-state index in [0.29, 0.717) is 28.2 Å². The predicted octanol–water partition coefficient (Wildman–Crippen LogP) is 3.30. The van der Waals surface area contributed by atoms with E-state index in [9.17, 15) is 4.48 Å². The van der Waals surface area contributed by atoms with Crippen molar-refractivity contribution in [2.75, 3.05) is 13.2 Å². The fourth-order valence-electron chi connectivity index (χ4n) is 2.41.